The molecular formula is C13H16BrN5O3. The summed E-state index contributed by atoms with van der Waals surface area (Å²) >= 11 is 3.32. The Bertz CT molecular complexity index is 652. The molecule has 0 atom stereocenters. The molecule has 0 fully saturated rings. The van der Waals surface area contributed by atoms with E-state index >= 15 is 0 Å². The number of aromatic carboxylic acids is 1. The summed E-state index contributed by atoms with van der Waals surface area (Å²) in [4.78, 5) is 22.4. The third kappa shape index (κ3) is 4.99. The summed E-state index contributed by atoms with van der Waals surface area (Å²) < 4.78 is 4.18. The zero-order chi connectivity index (χ0) is 15.9. The number of halogens is 1. The topological polar surface area (TPSA) is 102 Å². The molecule has 22 heavy (non-hydrogen) atoms. The number of hydrogen-bond acceptors (Lipinski definition) is 4. The lowest BCUT2D eigenvalue weighted by molar-refractivity contribution is -0.121. The molecule has 1 amide bonds. The lowest BCUT2D eigenvalue weighted by Gasteiger charge is -2.05. The van der Waals surface area contributed by atoms with Gasteiger partial charge in [-0.25, -0.2) is 4.79 Å². The first kappa shape index (κ1) is 16.2. The van der Waals surface area contributed by atoms with E-state index in [9.17, 15) is 9.59 Å². The van der Waals surface area contributed by atoms with Gasteiger partial charge in [0.2, 0.25) is 5.91 Å². The highest BCUT2D eigenvalue weighted by Crippen LogP contribution is 2.06. The molecule has 0 saturated heterocycles. The minimum atomic E-state index is -1.08. The van der Waals surface area contributed by atoms with Crippen molar-refractivity contribution in [2.45, 2.75) is 25.9 Å². The Morgan fingerprint density at radius 2 is 2.14 bits per heavy atom. The van der Waals surface area contributed by atoms with E-state index in [4.69, 9.17) is 5.11 Å². The Morgan fingerprint density at radius 3 is 2.77 bits per heavy atom. The summed E-state index contributed by atoms with van der Waals surface area (Å²) in [6.45, 7) is 1.65. The summed E-state index contributed by atoms with van der Waals surface area (Å²) in [5.41, 5.74) is -0.0224. The molecule has 118 valence electrons. The average Bonchev–Trinajstić information content (AvgIpc) is 3.10. The molecule has 0 unspecified atom stereocenters. The van der Waals surface area contributed by atoms with Gasteiger partial charge in [-0.1, -0.05) is 0 Å². The van der Waals surface area contributed by atoms with Crippen molar-refractivity contribution < 1.29 is 14.7 Å². The van der Waals surface area contributed by atoms with Crippen LogP contribution in [0.2, 0.25) is 0 Å². The van der Waals surface area contributed by atoms with Gasteiger partial charge in [0.25, 0.3) is 0 Å². The highest BCUT2D eigenvalue weighted by Gasteiger charge is 2.07. The normalized spacial score (nSPS) is 10.6. The first-order valence-corrected chi connectivity index (χ1v) is 7.55. The van der Waals surface area contributed by atoms with Crippen molar-refractivity contribution in [3.8, 4) is 0 Å². The second-order valence-electron chi connectivity index (χ2n) is 4.64. The maximum atomic E-state index is 11.7. The molecule has 2 N–H and O–H groups in total. The molecule has 2 heterocycles. The molecular weight excluding hydrogens is 354 g/mol. The van der Waals surface area contributed by atoms with Crippen molar-refractivity contribution in [3.63, 3.8) is 0 Å². The smallest absolute Gasteiger partial charge is 0.356 e. The van der Waals surface area contributed by atoms with Gasteiger partial charge in [0.1, 0.15) is 0 Å². The van der Waals surface area contributed by atoms with Gasteiger partial charge >= 0.3 is 5.97 Å². The molecule has 0 aromatic carbocycles. The van der Waals surface area contributed by atoms with Crippen LogP contribution in [-0.4, -0.2) is 43.1 Å². The third-order valence-corrected chi connectivity index (χ3v) is 3.33. The van der Waals surface area contributed by atoms with Gasteiger partial charge in [-0.3, -0.25) is 14.2 Å². The monoisotopic (exact) mass is 369 g/mol. The van der Waals surface area contributed by atoms with Gasteiger partial charge in [0, 0.05) is 38.4 Å². The zero-order valence-corrected chi connectivity index (χ0v) is 13.4. The summed E-state index contributed by atoms with van der Waals surface area (Å²) in [5.74, 6) is -1.16. The molecule has 0 bridgehead atoms. The Kier molecular flexibility index (Phi) is 5.70. The highest BCUT2D eigenvalue weighted by atomic mass is 79.9. The number of carbonyl (C=O) groups excluding carboxylic acids is 1. The van der Waals surface area contributed by atoms with Crippen molar-refractivity contribution in [1.29, 1.82) is 0 Å². The first-order valence-electron chi connectivity index (χ1n) is 6.76. The zero-order valence-electron chi connectivity index (χ0n) is 11.8. The Balaban J connectivity index is 1.62. The Hall–Kier alpha value is -2.16. The van der Waals surface area contributed by atoms with E-state index in [1.807, 2.05) is 6.20 Å². The SMILES string of the molecule is O=C(CCn1ccc(C(=O)O)n1)NCCCn1cc(Br)cn1. The van der Waals surface area contributed by atoms with Crippen LogP contribution in [0.5, 0.6) is 0 Å². The minimum Gasteiger partial charge on any atom is -0.476 e. The van der Waals surface area contributed by atoms with Crippen LogP contribution in [0.1, 0.15) is 23.3 Å². The van der Waals surface area contributed by atoms with Gasteiger partial charge in [-0.15, -0.1) is 0 Å². The van der Waals surface area contributed by atoms with Crippen LogP contribution in [-0.2, 0) is 17.9 Å². The molecule has 2 aromatic rings. The fraction of sp³-hybridized carbons (Fsp3) is 0.385. The number of nitrogens with zero attached hydrogens (tertiary/aromatic N) is 4. The quantitative estimate of drug-likeness (QED) is 0.679. The van der Waals surface area contributed by atoms with Gasteiger partial charge < -0.3 is 10.4 Å². The van der Waals surface area contributed by atoms with Gasteiger partial charge in [-0.05, 0) is 28.4 Å². The lowest BCUT2D eigenvalue weighted by Crippen LogP contribution is -2.26. The van der Waals surface area contributed by atoms with Crippen LogP contribution in [0, 0.1) is 0 Å². The average molecular weight is 370 g/mol. The highest BCUT2D eigenvalue weighted by molar-refractivity contribution is 9.10. The van der Waals surface area contributed by atoms with Crippen LogP contribution in [0.4, 0.5) is 0 Å². The fourth-order valence-corrected chi connectivity index (χ4v) is 2.16. The number of rotatable bonds is 8. The van der Waals surface area contributed by atoms with E-state index in [0.29, 0.717) is 13.1 Å². The van der Waals surface area contributed by atoms with E-state index in [-0.39, 0.29) is 18.0 Å². The second-order valence-corrected chi connectivity index (χ2v) is 5.56. The summed E-state index contributed by atoms with van der Waals surface area (Å²) in [6, 6.07) is 1.41. The summed E-state index contributed by atoms with van der Waals surface area (Å²) in [5, 5.41) is 19.5. The number of aryl methyl sites for hydroxylation is 2. The number of aromatic nitrogens is 4. The predicted octanol–water partition coefficient (Wildman–Crippen LogP) is 1.14. The maximum absolute atomic E-state index is 11.7. The molecule has 2 aromatic heterocycles. The molecule has 0 spiro atoms. The maximum Gasteiger partial charge on any atom is 0.356 e. The number of hydrogen-bond donors (Lipinski definition) is 2. The Labute approximate surface area is 135 Å². The van der Waals surface area contributed by atoms with E-state index in [1.54, 1.807) is 17.1 Å². The summed E-state index contributed by atoms with van der Waals surface area (Å²) in [7, 11) is 0. The van der Waals surface area contributed by atoms with Crippen molar-refractivity contribution in [3.05, 3.63) is 34.8 Å². The number of amides is 1. The molecule has 0 aliphatic carbocycles. The van der Waals surface area contributed by atoms with Gasteiger partial charge in [-0.2, -0.15) is 10.2 Å². The molecule has 0 saturated carbocycles. The number of carboxylic acid groups (broad SMARTS) is 1. The summed E-state index contributed by atoms with van der Waals surface area (Å²) in [6.07, 6.45) is 6.18. The molecule has 2 rings (SSSR count). The standard InChI is InChI=1S/C13H16BrN5O3/c14-10-8-16-19(9-10)5-1-4-15-12(20)3-7-18-6-2-11(17-18)13(21)22/h2,6,8-9H,1,3-5,7H2,(H,15,20)(H,21,22). The van der Waals surface area contributed by atoms with E-state index < -0.39 is 5.97 Å². The number of carbonyl (C=O) groups is 2. The Morgan fingerprint density at radius 1 is 1.32 bits per heavy atom. The number of carboxylic acids is 1. The number of nitrogens with one attached hydrogen (secondary N) is 1. The molecule has 0 radical (unpaired) electrons. The fourth-order valence-electron chi connectivity index (χ4n) is 1.83. The molecule has 9 heteroatoms. The first-order chi connectivity index (χ1) is 10.5. The second kappa shape index (κ2) is 7.74. The lowest BCUT2D eigenvalue weighted by atomic mass is 10.3. The van der Waals surface area contributed by atoms with E-state index in [2.05, 4.69) is 31.4 Å². The molecule has 0 aliphatic rings. The largest absolute Gasteiger partial charge is 0.476 e. The van der Waals surface area contributed by atoms with Crippen molar-refractivity contribution in [2.24, 2.45) is 0 Å². The van der Waals surface area contributed by atoms with E-state index in [0.717, 1.165) is 17.4 Å². The van der Waals surface area contributed by atoms with Crippen molar-refractivity contribution in [1.82, 2.24) is 24.9 Å². The van der Waals surface area contributed by atoms with Crippen LogP contribution >= 0.6 is 15.9 Å². The van der Waals surface area contributed by atoms with Crippen LogP contribution in [0.3, 0.4) is 0 Å². The molecule has 0 aliphatic heterocycles. The van der Waals surface area contributed by atoms with Gasteiger partial charge in [0.05, 0.1) is 10.7 Å². The molecule has 8 nitrogen and oxygen atoms in total. The van der Waals surface area contributed by atoms with E-state index in [1.165, 1.54) is 10.7 Å². The van der Waals surface area contributed by atoms with Crippen LogP contribution < -0.4 is 5.32 Å². The minimum absolute atomic E-state index is 0.0224. The van der Waals surface area contributed by atoms with Crippen molar-refractivity contribution >= 4 is 27.8 Å². The van der Waals surface area contributed by atoms with Crippen LogP contribution in [0.15, 0.2) is 29.1 Å². The van der Waals surface area contributed by atoms with Crippen molar-refractivity contribution in [2.75, 3.05) is 6.54 Å². The predicted molar refractivity (Wildman–Crippen MR) is 81.4 cm³/mol. The third-order valence-electron chi connectivity index (χ3n) is 2.92. The van der Waals surface area contributed by atoms with Gasteiger partial charge in [0.15, 0.2) is 5.69 Å². The van der Waals surface area contributed by atoms with Crippen LogP contribution in [0.25, 0.3) is 0 Å².